The molecule has 0 aliphatic heterocycles. The van der Waals surface area contributed by atoms with Crippen LogP contribution in [-0.2, 0) is 0 Å². The lowest BCUT2D eigenvalue weighted by Gasteiger charge is -2.29. The average Bonchev–Trinajstić information content (AvgIpc) is 3.22. The van der Waals surface area contributed by atoms with Crippen molar-refractivity contribution in [2.45, 2.75) is 91.6 Å². The van der Waals surface area contributed by atoms with Crippen molar-refractivity contribution in [2.75, 3.05) is 0 Å². The quantitative estimate of drug-likeness (QED) is 0.446. The van der Waals surface area contributed by atoms with Crippen LogP contribution in [0.5, 0.6) is 5.75 Å². The maximum atomic E-state index is 6.49. The molecule has 2 bridgehead atoms. The zero-order valence-corrected chi connectivity index (χ0v) is 17.7. The van der Waals surface area contributed by atoms with Crippen molar-refractivity contribution in [3.05, 3.63) is 29.8 Å². The third-order valence-corrected chi connectivity index (χ3v) is 7.05. The van der Waals surface area contributed by atoms with Crippen molar-refractivity contribution in [1.82, 2.24) is 0 Å². The molecule has 2 fully saturated rings. The third-order valence-electron chi connectivity index (χ3n) is 7.05. The fourth-order valence-corrected chi connectivity index (χ4v) is 5.52. The predicted octanol–water partition coefficient (Wildman–Crippen LogP) is 7.46. The molecule has 3 rings (SSSR count). The van der Waals surface area contributed by atoms with Crippen LogP contribution in [0.3, 0.4) is 0 Å². The second kappa shape index (κ2) is 8.81. The summed E-state index contributed by atoms with van der Waals surface area (Å²) in [6.07, 6.45) is 10.0. The van der Waals surface area contributed by atoms with E-state index >= 15 is 0 Å². The first-order valence-corrected chi connectivity index (χ1v) is 11.2. The van der Waals surface area contributed by atoms with Gasteiger partial charge in [-0.05, 0) is 91.7 Å². The van der Waals surface area contributed by atoms with Gasteiger partial charge in [-0.25, -0.2) is 0 Å². The Morgan fingerprint density at radius 1 is 1.00 bits per heavy atom. The van der Waals surface area contributed by atoms with Crippen LogP contribution < -0.4 is 4.74 Å². The van der Waals surface area contributed by atoms with E-state index in [9.17, 15) is 0 Å². The molecule has 2 aliphatic rings. The highest BCUT2D eigenvalue weighted by atomic mass is 16.5. The van der Waals surface area contributed by atoms with Crippen molar-refractivity contribution in [3.8, 4) is 5.75 Å². The van der Waals surface area contributed by atoms with Crippen molar-refractivity contribution < 1.29 is 4.74 Å². The highest BCUT2D eigenvalue weighted by Crippen LogP contribution is 2.50. The maximum absolute atomic E-state index is 6.49. The van der Waals surface area contributed by atoms with E-state index in [1.807, 2.05) is 0 Å². The van der Waals surface area contributed by atoms with Crippen LogP contribution in [0.15, 0.2) is 24.3 Å². The highest BCUT2D eigenvalue weighted by molar-refractivity contribution is 5.29. The molecule has 1 nitrogen and oxygen atoms in total. The van der Waals surface area contributed by atoms with Gasteiger partial charge in [-0.1, -0.05) is 53.2 Å². The van der Waals surface area contributed by atoms with Crippen molar-refractivity contribution in [3.63, 3.8) is 0 Å². The van der Waals surface area contributed by atoms with Crippen molar-refractivity contribution >= 4 is 0 Å². The molecule has 0 heterocycles. The fraction of sp³-hybridized carbons (Fsp3) is 0.760. The summed E-state index contributed by atoms with van der Waals surface area (Å²) in [5.74, 6) is 6.02. The molecule has 0 N–H and O–H groups in total. The van der Waals surface area contributed by atoms with Crippen LogP contribution >= 0.6 is 0 Å². The molecular formula is C25H40O. The molecule has 0 aromatic heterocycles. The van der Waals surface area contributed by atoms with Crippen LogP contribution in [0.2, 0.25) is 0 Å². The maximum Gasteiger partial charge on any atom is 0.119 e. The molecule has 0 saturated heterocycles. The van der Waals surface area contributed by atoms with Crippen LogP contribution in [0.1, 0.15) is 91.0 Å². The normalized spacial score (nSPS) is 27.3. The molecule has 0 spiro atoms. The lowest BCUT2D eigenvalue weighted by molar-refractivity contribution is 0.107. The minimum absolute atomic E-state index is 0.364. The van der Waals surface area contributed by atoms with Crippen molar-refractivity contribution in [2.24, 2.45) is 29.6 Å². The van der Waals surface area contributed by atoms with Crippen LogP contribution in [-0.4, -0.2) is 6.10 Å². The van der Waals surface area contributed by atoms with Gasteiger partial charge in [-0.2, -0.15) is 0 Å². The van der Waals surface area contributed by atoms with E-state index in [0.29, 0.717) is 17.9 Å². The standard InChI is InChI=1S/C25H40O/c1-6-20(13-17(2)3)21-9-11-24(12-10-21)26-25(18(4)5)16-23-15-19-7-8-22(23)14-19/h9-12,17-20,22-23,25H,6-8,13-16H2,1-5H3. The lowest BCUT2D eigenvalue weighted by Crippen LogP contribution is -2.28. The van der Waals surface area contributed by atoms with Gasteiger partial charge in [0.05, 0.1) is 0 Å². The van der Waals surface area contributed by atoms with Gasteiger partial charge in [0, 0.05) is 0 Å². The van der Waals surface area contributed by atoms with Crippen LogP contribution in [0.4, 0.5) is 0 Å². The summed E-state index contributed by atoms with van der Waals surface area (Å²) >= 11 is 0. The summed E-state index contributed by atoms with van der Waals surface area (Å²) in [5.41, 5.74) is 1.47. The van der Waals surface area contributed by atoms with E-state index in [4.69, 9.17) is 4.74 Å². The molecular weight excluding hydrogens is 316 g/mol. The van der Waals surface area contributed by atoms with Gasteiger partial charge >= 0.3 is 0 Å². The molecule has 1 aromatic carbocycles. The van der Waals surface area contributed by atoms with Gasteiger partial charge in [0.2, 0.25) is 0 Å². The van der Waals surface area contributed by atoms with Gasteiger partial charge < -0.3 is 4.74 Å². The van der Waals surface area contributed by atoms with E-state index in [1.165, 1.54) is 50.5 Å². The van der Waals surface area contributed by atoms with E-state index < -0.39 is 0 Å². The lowest BCUT2D eigenvalue weighted by atomic mass is 9.83. The summed E-state index contributed by atoms with van der Waals surface area (Å²) in [6.45, 7) is 11.6. The molecule has 0 amide bonds. The van der Waals surface area contributed by atoms with Crippen LogP contribution in [0.25, 0.3) is 0 Å². The molecule has 1 heteroatoms. The Morgan fingerprint density at radius 2 is 1.73 bits per heavy atom. The smallest absolute Gasteiger partial charge is 0.119 e. The second-order valence-corrected chi connectivity index (χ2v) is 9.87. The molecule has 0 radical (unpaired) electrons. The zero-order valence-electron chi connectivity index (χ0n) is 17.7. The molecule has 2 aliphatic carbocycles. The third kappa shape index (κ3) is 4.84. The van der Waals surface area contributed by atoms with Gasteiger partial charge in [0.1, 0.15) is 11.9 Å². The van der Waals surface area contributed by atoms with E-state index in [-0.39, 0.29) is 0 Å². The van der Waals surface area contributed by atoms with Crippen LogP contribution in [0, 0.1) is 29.6 Å². The fourth-order valence-electron chi connectivity index (χ4n) is 5.52. The number of rotatable bonds is 9. The Labute approximate surface area is 161 Å². The predicted molar refractivity (Wildman–Crippen MR) is 112 cm³/mol. The van der Waals surface area contributed by atoms with Gasteiger partial charge in [-0.15, -0.1) is 0 Å². The summed E-state index contributed by atoms with van der Waals surface area (Å²) in [7, 11) is 0. The van der Waals surface area contributed by atoms with E-state index in [2.05, 4.69) is 58.9 Å². The van der Waals surface area contributed by atoms with E-state index in [1.54, 1.807) is 0 Å². The van der Waals surface area contributed by atoms with Gasteiger partial charge in [-0.3, -0.25) is 0 Å². The Hall–Kier alpha value is -0.980. The van der Waals surface area contributed by atoms with Gasteiger partial charge in [0.15, 0.2) is 0 Å². The number of hydrogen-bond donors (Lipinski definition) is 0. The Bertz CT molecular complexity index is 544. The molecule has 1 aromatic rings. The summed E-state index contributed by atoms with van der Waals surface area (Å²) in [6, 6.07) is 9.05. The molecule has 5 atom stereocenters. The molecule has 5 unspecified atom stereocenters. The second-order valence-electron chi connectivity index (χ2n) is 9.87. The van der Waals surface area contributed by atoms with E-state index in [0.717, 1.165) is 29.4 Å². The zero-order chi connectivity index (χ0) is 18.7. The first-order chi connectivity index (χ1) is 12.5. The monoisotopic (exact) mass is 356 g/mol. The molecule has 26 heavy (non-hydrogen) atoms. The SMILES string of the molecule is CCC(CC(C)C)c1ccc(OC(CC2CC3CCC2C3)C(C)C)cc1. The summed E-state index contributed by atoms with van der Waals surface area (Å²) < 4.78 is 6.49. The first kappa shape index (κ1) is 19.8. The number of fused-ring (bicyclic) bond motifs is 2. The summed E-state index contributed by atoms with van der Waals surface area (Å²) in [4.78, 5) is 0. The first-order valence-electron chi connectivity index (χ1n) is 11.2. The summed E-state index contributed by atoms with van der Waals surface area (Å²) in [5, 5.41) is 0. The molecule has 146 valence electrons. The Balaban J connectivity index is 1.60. The average molecular weight is 357 g/mol. The molecule has 2 saturated carbocycles. The highest BCUT2D eigenvalue weighted by Gasteiger charge is 2.40. The minimum atomic E-state index is 0.364. The topological polar surface area (TPSA) is 9.23 Å². The Kier molecular flexibility index (Phi) is 6.70. The number of benzene rings is 1. The minimum Gasteiger partial charge on any atom is -0.490 e. The Morgan fingerprint density at radius 3 is 2.23 bits per heavy atom. The van der Waals surface area contributed by atoms with Gasteiger partial charge in [0.25, 0.3) is 0 Å². The number of hydrogen-bond acceptors (Lipinski definition) is 1. The van der Waals surface area contributed by atoms with Crippen molar-refractivity contribution in [1.29, 1.82) is 0 Å². The number of ether oxygens (including phenoxy) is 1. The largest absolute Gasteiger partial charge is 0.490 e.